The molecule has 0 bridgehead atoms. The Labute approximate surface area is 138 Å². The van der Waals surface area contributed by atoms with E-state index in [1.165, 1.54) is 15.9 Å². The van der Waals surface area contributed by atoms with Crippen molar-refractivity contribution in [2.75, 3.05) is 6.61 Å². The van der Waals surface area contributed by atoms with Gasteiger partial charge in [0.25, 0.3) is 0 Å². The highest BCUT2D eigenvalue weighted by molar-refractivity contribution is 7.94. The topological polar surface area (TPSA) is 9.23 Å². The molecule has 0 amide bonds. The molecule has 0 aliphatic heterocycles. The van der Waals surface area contributed by atoms with Crippen molar-refractivity contribution >= 4 is 28.8 Å². The molecule has 0 heterocycles. The Balaban J connectivity index is 2.36. The first-order valence-corrected chi connectivity index (χ1v) is 9.75. The Morgan fingerprint density at radius 1 is 0.652 bits per heavy atom. The zero-order chi connectivity index (χ0) is 16.0. The SMILES string of the molecule is CCOC=P(c1ccccc1)(c1ccccc1)c1ccccc1. The number of ether oxygens (including phenoxy) is 1. The van der Waals surface area contributed by atoms with Gasteiger partial charge in [0, 0.05) is 12.6 Å². The van der Waals surface area contributed by atoms with Crippen LogP contribution >= 0.6 is 6.89 Å². The number of hydrogen-bond donors (Lipinski definition) is 0. The van der Waals surface area contributed by atoms with Gasteiger partial charge in [-0.05, 0) is 29.7 Å². The minimum absolute atomic E-state index is 0.675. The van der Waals surface area contributed by atoms with Gasteiger partial charge in [-0.1, -0.05) is 91.0 Å². The maximum Gasteiger partial charge on any atom is 0.0497 e. The number of rotatable bonds is 5. The van der Waals surface area contributed by atoms with Crippen molar-refractivity contribution in [3.8, 4) is 0 Å². The number of hydrogen-bond acceptors (Lipinski definition) is 1. The molecule has 0 N–H and O–H groups in total. The lowest BCUT2D eigenvalue weighted by molar-refractivity contribution is 0.351. The van der Waals surface area contributed by atoms with Crippen molar-refractivity contribution in [3.05, 3.63) is 91.0 Å². The van der Waals surface area contributed by atoms with Gasteiger partial charge in [0.15, 0.2) is 0 Å². The van der Waals surface area contributed by atoms with E-state index in [1.807, 2.05) is 6.92 Å². The molecule has 0 fully saturated rings. The maximum atomic E-state index is 5.89. The second-order valence-electron chi connectivity index (χ2n) is 5.29. The van der Waals surface area contributed by atoms with Crippen molar-refractivity contribution in [2.24, 2.45) is 0 Å². The van der Waals surface area contributed by atoms with Crippen LogP contribution in [0.25, 0.3) is 0 Å². The van der Waals surface area contributed by atoms with Gasteiger partial charge < -0.3 is 4.74 Å². The van der Waals surface area contributed by atoms with Gasteiger partial charge in [0.05, 0.1) is 0 Å². The summed E-state index contributed by atoms with van der Waals surface area (Å²) in [6, 6.07) is 32.1. The molecule has 0 spiro atoms. The molecule has 0 saturated carbocycles. The summed E-state index contributed by atoms with van der Waals surface area (Å²) >= 11 is 0. The van der Waals surface area contributed by atoms with Crippen molar-refractivity contribution in [3.63, 3.8) is 0 Å². The first kappa shape index (κ1) is 15.8. The quantitative estimate of drug-likeness (QED) is 0.650. The van der Waals surface area contributed by atoms with Crippen molar-refractivity contribution in [1.82, 2.24) is 0 Å². The van der Waals surface area contributed by atoms with Crippen molar-refractivity contribution in [2.45, 2.75) is 6.92 Å². The Hall–Kier alpha value is -2.08. The average molecular weight is 320 g/mol. The minimum Gasteiger partial charge on any atom is -0.353 e. The van der Waals surface area contributed by atoms with E-state index in [1.54, 1.807) is 0 Å². The molecule has 0 aliphatic carbocycles. The van der Waals surface area contributed by atoms with E-state index in [0.717, 1.165) is 0 Å². The van der Waals surface area contributed by atoms with Crippen molar-refractivity contribution in [1.29, 1.82) is 0 Å². The highest BCUT2D eigenvalue weighted by atomic mass is 31.2. The zero-order valence-corrected chi connectivity index (χ0v) is 14.2. The van der Waals surface area contributed by atoms with Crippen LogP contribution in [-0.4, -0.2) is 12.6 Å². The molecular weight excluding hydrogens is 299 g/mol. The number of benzene rings is 3. The molecule has 0 atom stereocenters. The van der Waals surface area contributed by atoms with E-state index >= 15 is 0 Å². The van der Waals surface area contributed by atoms with Crippen LogP contribution in [0.15, 0.2) is 91.0 Å². The standard InChI is InChI=1S/C21H21OP/c1-2-22-18-23(19-12-6-3-7-13-19,20-14-8-4-9-15-20)21-16-10-5-11-17-21/h3-18H,2H2,1H3. The predicted molar refractivity (Wildman–Crippen MR) is 103 cm³/mol. The first-order valence-electron chi connectivity index (χ1n) is 7.89. The molecule has 23 heavy (non-hydrogen) atoms. The van der Waals surface area contributed by atoms with E-state index < -0.39 is 6.89 Å². The van der Waals surface area contributed by atoms with Crippen molar-refractivity contribution < 1.29 is 4.74 Å². The summed E-state index contributed by atoms with van der Waals surface area (Å²) in [7, 11) is 0. The summed E-state index contributed by atoms with van der Waals surface area (Å²) in [5, 5.41) is 3.93. The Morgan fingerprint density at radius 3 is 1.30 bits per heavy atom. The largest absolute Gasteiger partial charge is 0.353 e. The lowest BCUT2D eigenvalue weighted by Crippen LogP contribution is -2.27. The Morgan fingerprint density at radius 2 is 1.00 bits per heavy atom. The maximum absolute atomic E-state index is 5.89. The van der Waals surface area contributed by atoms with Crippen LogP contribution in [0, 0.1) is 0 Å². The van der Waals surface area contributed by atoms with Gasteiger partial charge >= 0.3 is 0 Å². The van der Waals surface area contributed by atoms with E-state index in [4.69, 9.17) is 4.74 Å². The smallest absolute Gasteiger partial charge is 0.0497 e. The molecule has 0 aromatic heterocycles. The van der Waals surface area contributed by atoms with Gasteiger partial charge in [-0.15, -0.1) is 0 Å². The summed E-state index contributed by atoms with van der Waals surface area (Å²) in [6.07, 6.45) is 0. The molecule has 3 aromatic rings. The molecule has 0 radical (unpaired) electrons. The van der Waals surface area contributed by atoms with E-state index in [-0.39, 0.29) is 0 Å². The molecule has 2 heteroatoms. The Kier molecular flexibility index (Phi) is 5.12. The summed E-state index contributed by atoms with van der Waals surface area (Å²) < 4.78 is 5.89. The summed E-state index contributed by atoms with van der Waals surface area (Å²) in [6.45, 7) is 0.792. The van der Waals surface area contributed by atoms with Gasteiger partial charge in [0.1, 0.15) is 0 Å². The predicted octanol–water partition coefficient (Wildman–Crippen LogP) is 3.78. The van der Waals surface area contributed by atoms with Crippen LogP contribution in [0.3, 0.4) is 0 Å². The highest BCUT2D eigenvalue weighted by Crippen LogP contribution is 2.43. The summed E-state index contributed by atoms with van der Waals surface area (Å²) in [4.78, 5) is 0. The van der Waals surface area contributed by atoms with Gasteiger partial charge in [-0.3, -0.25) is 0 Å². The second-order valence-corrected chi connectivity index (χ2v) is 8.50. The molecule has 3 rings (SSSR count). The van der Waals surface area contributed by atoms with Crippen LogP contribution in [-0.2, 0) is 4.74 Å². The molecule has 0 unspecified atom stereocenters. The second kappa shape index (κ2) is 7.46. The third kappa shape index (κ3) is 3.17. The first-order chi connectivity index (χ1) is 11.4. The van der Waals surface area contributed by atoms with Crippen LogP contribution in [0.1, 0.15) is 6.92 Å². The average Bonchev–Trinajstić information content (AvgIpc) is 2.65. The lowest BCUT2D eigenvalue weighted by atomic mass is 10.4. The molecule has 1 nitrogen and oxygen atoms in total. The van der Waals surface area contributed by atoms with Crippen LogP contribution in [0.2, 0.25) is 0 Å². The molecule has 0 saturated heterocycles. The highest BCUT2D eigenvalue weighted by Gasteiger charge is 2.24. The normalized spacial score (nSPS) is 11.2. The summed E-state index contributed by atoms with van der Waals surface area (Å²) in [5.74, 6) is 2.09. The van der Waals surface area contributed by atoms with Gasteiger partial charge in [-0.25, -0.2) is 0 Å². The Bertz CT molecular complexity index is 676. The monoisotopic (exact) mass is 320 g/mol. The summed E-state index contributed by atoms with van der Waals surface area (Å²) in [5.41, 5.74) is 0. The third-order valence-electron chi connectivity index (χ3n) is 3.89. The van der Waals surface area contributed by atoms with E-state index in [2.05, 4.69) is 97.0 Å². The molecular formula is C21H21OP. The zero-order valence-electron chi connectivity index (χ0n) is 13.3. The van der Waals surface area contributed by atoms with Crippen LogP contribution in [0.5, 0.6) is 0 Å². The molecule has 116 valence electrons. The minimum atomic E-state index is -1.92. The fraction of sp³-hybridized carbons (Fsp3) is 0.0952. The van der Waals surface area contributed by atoms with Gasteiger partial charge in [0.2, 0.25) is 0 Å². The third-order valence-corrected chi connectivity index (χ3v) is 7.69. The fourth-order valence-electron chi connectivity index (χ4n) is 2.81. The van der Waals surface area contributed by atoms with Crippen LogP contribution in [0.4, 0.5) is 0 Å². The van der Waals surface area contributed by atoms with Gasteiger partial charge in [-0.2, -0.15) is 0 Å². The molecule has 3 aromatic carbocycles. The fourth-order valence-corrected chi connectivity index (χ4v) is 6.36. The van der Waals surface area contributed by atoms with E-state index in [9.17, 15) is 0 Å². The molecule has 0 aliphatic rings. The van der Waals surface area contributed by atoms with Crippen LogP contribution < -0.4 is 15.9 Å². The van der Waals surface area contributed by atoms with E-state index in [0.29, 0.717) is 6.61 Å². The lowest BCUT2D eigenvalue weighted by Gasteiger charge is -2.28.